The third-order valence-corrected chi connectivity index (χ3v) is 5.48. The average Bonchev–Trinajstić information content (AvgIpc) is 3.51. The standard InChI is InChI=1S/C22H25N3O2/c1-16-7-9-17(10-8-16)23-21(26)19-15-20(19)22(27)25-13-11-24(12-14-25)18-5-3-2-4-6-18/h2-10,19-20H,11-15H2,1H3,(H,23,26). The van der Waals surface area contributed by atoms with E-state index < -0.39 is 0 Å². The van der Waals surface area contributed by atoms with Crippen LogP contribution in [-0.2, 0) is 9.59 Å². The monoisotopic (exact) mass is 363 g/mol. The first kappa shape index (κ1) is 17.6. The van der Waals surface area contributed by atoms with Crippen LogP contribution in [0, 0.1) is 18.8 Å². The molecule has 1 aliphatic carbocycles. The van der Waals surface area contributed by atoms with Gasteiger partial charge in [0.1, 0.15) is 0 Å². The number of aryl methyl sites for hydroxylation is 1. The van der Waals surface area contributed by atoms with Gasteiger partial charge in [0.05, 0.1) is 11.8 Å². The van der Waals surface area contributed by atoms with Gasteiger partial charge in [-0.15, -0.1) is 0 Å². The average molecular weight is 363 g/mol. The number of carbonyl (C=O) groups is 2. The molecule has 2 aromatic carbocycles. The quantitative estimate of drug-likeness (QED) is 0.909. The predicted molar refractivity (Wildman–Crippen MR) is 107 cm³/mol. The number of nitrogens with zero attached hydrogens (tertiary/aromatic N) is 2. The predicted octanol–water partition coefficient (Wildman–Crippen LogP) is 2.92. The molecule has 140 valence electrons. The van der Waals surface area contributed by atoms with Crippen molar-refractivity contribution in [1.82, 2.24) is 4.90 Å². The van der Waals surface area contributed by atoms with E-state index in [9.17, 15) is 9.59 Å². The molecule has 1 N–H and O–H groups in total. The molecular formula is C22H25N3O2. The van der Waals surface area contributed by atoms with Crippen molar-refractivity contribution in [3.63, 3.8) is 0 Å². The van der Waals surface area contributed by atoms with Crippen molar-refractivity contribution in [1.29, 1.82) is 0 Å². The van der Waals surface area contributed by atoms with Crippen molar-refractivity contribution in [2.75, 3.05) is 36.4 Å². The maximum absolute atomic E-state index is 12.7. The second-order valence-electron chi connectivity index (χ2n) is 7.45. The zero-order chi connectivity index (χ0) is 18.8. The van der Waals surface area contributed by atoms with Crippen LogP contribution in [0.1, 0.15) is 12.0 Å². The summed E-state index contributed by atoms with van der Waals surface area (Å²) in [4.78, 5) is 29.4. The Morgan fingerprint density at radius 3 is 2.22 bits per heavy atom. The topological polar surface area (TPSA) is 52.7 Å². The maximum Gasteiger partial charge on any atom is 0.228 e. The van der Waals surface area contributed by atoms with Crippen molar-refractivity contribution in [2.24, 2.45) is 11.8 Å². The molecule has 1 aliphatic heterocycles. The Hall–Kier alpha value is -2.82. The number of hydrogen-bond acceptors (Lipinski definition) is 3. The Balaban J connectivity index is 1.27. The lowest BCUT2D eigenvalue weighted by molar-refractivity contribution is -0.134. The summed E-state index contributed by atoms with van der Waals surface area (Å²) in [7, 11) is 0. The second kappa shape index (κ2) is 7.43. The maximum atomic E-state index is 12.7. The van der Waals surface area contributed by atoms with Crippen LogP contribution in [0.2, 0.25) is 0 Å². The number of amides is 2. The van der Waals surface area contributed by atoms with E-state index >= 15 is 0 Å². The van der Waals surface area contributed by atoms with Gasteiger partial charge >= 0.3 is 0 Å². The number of hydrogen-bond donors (Lipinski definition) is 1. The van der Waals surface area contributed by atoms with Crippen LogP contribution in [-0.4, -0.2) is 42.9 Å². The van der Waals surface area contributed by atoms with Gasteiger partial charge in [0, 0.05) is 37.6 Å². The summed E-state index contributed by atoms with van der Waals surface area (Å²) in [6.45, 7) is 5.12. The number of para-hydroxylation sites is 1. The van der Waals surface area contributed by atoms with Crippen molar-refractivity contribution >= 4 is 23.2 Å². The molecule has 2 aliphatic rings. The van der Waals surface area contributed by atoms with Gasteiger partial charge in [-0.1, -0.05) is 35.9 Å². The van der Waals surface area contributed by atoms with E-state index in [0.29, 0.717) is 6.42 Å². The number of piperazine rings is 1. The molecule has 5 nitrogen and oxygen atoms in total. The van der Waals surface area contributed by atoms with E-state index in [1.54, 1.807) is 0 Å². The van der Waals surface area contributed by atoms with E-state index in [1.165, 1.54) is 5.69 Å². The molecule has 27 heavy (non-hydrogen) atoms. The molecule has 0 aromatic heterocycles. The van der Waals surface area contributed by atoms with E-state index in [1.807, 2.05) is 54.3 Å². The molecule has 1 saturated carbocycles. The summed E-state index contributed by atoms with van der Waals surface area (Å²) in [5, 5.41) is 2.93. The Labute approximate surface area is 160 Å². The minimum atomic E-state index is -0.189. The van der Waals surface area contributed by atoms with Gasteiger partial charge < -0.3 is 15.1 Å². The lowest BCUT2D eigenvalue weighted by Crippen LogP contribution is -2.49. The van der Waals surface area contributed by atoms with Gasteiger partial charge in [-0.2, -0.15) is 0 Å². The molecule has 5 heteroatoms. The van der Waals surface area contributed by atoms with E-state index in [2.05, 4.69) is 22.3 Å². The third kappa shape index (κ3) is 3.97. The highest BCUT2D eigenvalue weighted by molar-refractivity contribution is 5.99. The molecule has 0 radical (unpaired) electrons. The zero-order valence-corrected chi connectivity index (χ0v) is 15.6. The van der Waals surface area contributed by atoms with Crippen molar-refractivity contribution in [2.45, 2.75) is 13.3 Å². The molecule has 0 spiro atoms. The van der Waals surface area contributed by atoms with Crippen LogP contribution in [0.25, 0.3) is 0 Å². The van der Waals surface area contributed by atoms with Crippen LogP contribution in [0.4, 0.5) is 11.4 Å². The Morgan fingerprint density at radius 1 is 0.889 bits per heavy atom. The zero-order valence-electron chi connectivity index (χ0n) is 15.6. The van der Waals surface area contributed by atoms with Crippen LogP contribution >= 0.6 is 0 Å². The lowest BCUT2D eigenvalue weighted by Gasteiger charge is -2.36. The van der Waals surface area contributed by atoms with E-state index in [4.69, 9.17) is 0 Å². The van der Waals surface area contributed by atoms with Crippen molar-refractivity contribution in [3.05, 3.63) is 60.2 Å². The highest BCUT2D eigenvalue weighted by Gasteiger charge is 2.49. The Morgan fingerprint density at radius 2 is 1.56 bits per heavy atom. The van der Waals surface area contributed by atoms with Crippen molar-refractivity contribution in [3.8, 4) is 0 Å². The summed E-state index contributed by atoms with van der Waals surface area (Å²) in [5.74, 6) is -0.253. The minimum absolute atomic E-state index is 0.0416. The molecule has 2 aromatic rings. The molecule has 2 unspecified atom stereocenters. The van der Waals surface area contributed by atoms with Gasteiger partial charge in [0.2, 0.25) is 11.8 Å². The number of rotatable bonds is 4. The first-order valence-corrected chi connectivity index (χ1v) is 9.58. The Kier molecular flexibility index (Phi) is 4.84. The first-order chi connectivity index (χ1) is 13.1. The number of benzene rings is 2. The third-order valence-electron chi connectivity index (χ3n) is 5.48. The molecular weight excluding hydrogens is 338 g/mol. The fourth-order valence-electron chi connectivity index (χ4n) is 3.69. The van der Waals surface area contributed by atoms with Crippen LogP contribution in [0.3, 0.4) is 0 Å². The minimum Gasteiger partial charge on any atom is -0.368 e. The van der Waals surface area contributed by atoms with Gasteiger partial charge in [-0.25, -0.2) is 0 Å². The van der Waals surface area contributed by atoms with Crippen LogP contribution in [0.5, 0.6) is 0 Å². The first-order valence-electron chi connectivity index (χ1n) is 9.58. The molecule has 2 fully saturated rings. The summed E-state index contributed by atoms with van der Waals surface area (Å²) in [5.41, 5.74) is 3.15. The van der Waals surface area contributed by atoms with E-state index in [-0.39, 0.29) is 23.7 Å². The number of nitrogens with one attached hydrogen (secondary N) is 1. The fourth-order valence-corrected chi connectivity index (χ4v) is 3.69. The molecule has 2 amide bonds. The van der Waals surface area contributed by atoms with Gasteiger partial charge in [0.25, 0.3) is 0 Å². The molecule has 1 heterocycles. The molecule has 0 bridgehead atoms. The highest BCUT2D eigenvalue weighted by Crippen LogP contribution is 2.41. The van der Waals surface area contributed by atoms with Gasteiger partial charge in [-0.05, 0) is 37.6 Å². The summed E-state index contributed by atoms with van der Waals surface area (Å²) in [6, 6.07) is 18.0. The summed E-state index contributed by atoms with van der Waals surface area (Å²) < 4.78 is 0. The summed E-state index contributed by atoms with van der Waals surface area (Å²) >= 11 is 0. The number of anilines is 2. The van der Waals surface area contributed by atoms with Gasteiger partial charge in [-0.3, -0.25) is 9.59 Å². The molecule has 2 atom stereocenters. The van der Waals surface area contributed by atoms with Crippen LogP contribution in [0.15, 0.2) is 54.6 Å². The Bertz CT molecular complexity index is 811. The second-order valence-corrected chi connectivity index (χ2v) is 7.45. The summed E-state index contributed by atoms with van der Waals surface area (Å²) in [6.07, 6.45) is 0.662. The smallest absolute Gasteiger partial charge is 0.228 e. The molecule has 1 saturated heterocycles. The lowest BCUT2D eigenvalue weighted by atomic mass is 10.2. The van der Waals surface area contributed by atoms with E-state index in [0.717, 1.165) is 37.4 Å². The molecule has 4 rings (SSSR count). The SMILES string of the molecule is Cc1ccc(NC(=O)C2CC2C(=O)N2CCN(c3ccccc3)CC2)cc1. The van der Waals surface area contributed by atoms with Crippen molar-refractivity contribution < 1.29 is 9.59 Å². The van der Waals surface area contributed by atoms with Crippen LogP contribution < -0.4 is 10.2 Å². The normalized spacial score (nSPS) is 21.7. The highest BCUT2D eigenvalue weighted by atomic mass is 16.2. The largest absolute Gasteiger partial charge is 0.368 e. The number of carbonyl (C=O) groups excluding carboxylic acids is 2. The fraction of sp³-hybridized carbons (Fsp3) is 0.364. The van der Waals surface area contributed by atoms with Gasteiger partial charge in [0.15, 0.2) is 0 Å².